The molecule has 4 atom stereocenters. The van der Waals surface area contributed by atoms with Crippen molar-refractivity contribution in [3.05, 3.63) is 29.8 Å². The molecule has 1 aromatic rings. The Morgan fingerprint density at radius 2 is 1.68 bits per heavy atom. The van der Waals surface area contributed by atoms with Crippen molar-refractivity contribution in [2.45, 2.75) is 36.2 Å². The summed E-state index contributed by atoms with van der Waals surface area (Å²) in [4.78, 5) is 11.1. The van der Waals surface area contributed by atoms with Gasteiger partial charge in [-0.2, -0.15) is 8.42 Å². The number of aliphatic hydroxyl groups is 1. The molecule has 0 spiro atoms. The van der Waals surface area contributed by atoms with Crippen molar-refractivity contribution in [3.63, 3.8) is 0 Å². The smallest absolute Gasteiger partial charge is 0.297 e. The standard InChI is InChI=1S/C16H24O8S/c1-11-5-7-12(8-6-11)25(19,20)24-15(13(18)10-21-2)16(23-4)14(9-17)22-3/h5-9,13-16,18H,10H2,1-4H3/t13-,14+,15-,16-/m1/s1. The second-order valence-electron chi connectivity index (χ2n) is 5.39. The molecule has 0 aliphatic carbocycles. The van der Waals surface area contributed by atoms with Gasteiger partial charge in [-0.3, -0.25) is 4.18 Å². The first-order valence-electron chi connectivity index (χ1n) is 7.48. The maximum absolute atomic E-state index is 12.5. The molecule has 1 aromatic carbocycles. The second-order valence-corrected chi connectivity index (χ2v) is 6.96. The van der Waals surface area contributed by atoms with Crippen molar-refractivity contribution in [1.29, 1.82) is 0 Å². The SMILES string of the molecule is COC[C@@H](O)[C@@H](OS(=O)(=O)c1ccc(C)cc1)[C@H](OC)[C@H](C=O)OC. The van der Waals surface area contributed by atoms with Crippen molar-refractivity contribution in [3.8, 4) is 0 Å². The zero-order valence-corrected chi connectivity index (χ0v) is 15.4. The van der Waals surface area contributed by atoms with Gasteiger partial charge in [-0.25, -0.2) is 0 Å². The van der Waals surface area contributed by atoms with E-state index in [0.717, 1.165) is 5.56 Å². The molecule has 25 heavy (non-hydrogen) atoms. The number of methoxy groups -OCH3 is 3. The van der Waals surface area contributed by atoms with E-state index in [2.05, 4.69) is 0 Å². The van der Waals surface area contributed by atoms with Crippen LogP contribution in [0.4, 0.5) is 0 Å². The lowest BCUT2D eigenvalue weighted by Crippen LogP contribution is -2.50. The van der Waals surface area contributed by atoms with Crippen LogP contribution in [0.5, 0.6) is 0 Å². The fourth-order valence-corrected chi connectivity index (χ4v) is 3.34. The molecule has 1 rings (SSSR count). The van der Waals surface area contributed by atoms with E-state index in [1.807, 2.05) is 6.92 Å². The van der Waals surface area contributed by atoms with E-state index in [9.17, 15) is 18.3 Å². The molecule has 0 saturated heterocycles. The Bertz CT molecular complexity index is 628. The largest absolute Gasteiger partial charge is 0.388 e. The highest BCUT2D eigenvalue weighted by Crippen LogP contribution is 2.21. The molecule has 0 unspecified atom stereocenters. The topological polar surface area (TPSA) is 108 Å². The highest BCUT2D eigenvalue weighted by molar-refractivity contribution is 7.86. The minimum absolute atomic E-state index is 0.0809. The van der Waals surface area contributed by atoms with Crippen LogP contribution in [0.25, 0.3) is 0 Å². The minimum atomic E-state index is -4.21. The summed E-state index contributed by atoms with van der Waals surface area (Å²) in [6.45, 7) is 1.60. The number of benzene rings is 1. The van der Waals surface area contributed by atoms with Crippen LogP contribution >= 0.6 is 0 Å². The van der Waals surface area contributed by atoms with Gasteiger partial charge in [-0.05, 0) is 19.1 Å². The van der Waals surface area contributed by atoms with Gasteiger partial charge in [-0.15, -0.1) is 0 Å². The van der Waals surface area contributed by atoms with Gasteiger partial charge in [0.15, 0.2) is 6.29 Å². The number of carbonyl (C=O) groups excluding carboxylic acids is 1. The van der Waals surface area contributed by atoms with Crippen LogP contribution in [0.1, 0.15) is 5.56 Å². The molecule has 0 bridgehead atoms. The number of ether oxygens (including phenoxy) is 3. The number of aryl methyl sites for hydroxylation is 1. The number of carbonyl (C=O) groups is 1. The van der Waals surface area contributed by atoms with Gasteiger partial charge in [0.1, 0.15) is 24.4 Å². The van der Waals surface area contributed by atoms with Gasteiger partial charge in [0.05, 0.1) is 11.5 Å². The van der Waals surface area contributed by atoms with E-state index in [-0.39, 0.29) is 11.5 Å². The number of aldehydes is 1. The Balaban J connectivity index is 3.18. The van der Waals surface area contributed by atoms with Gasteiger partial charge in [-0.1, -0.05) is 17.7 Å². The van der Waals surface area contributed by atoms with E-state index < -0.39 is 34.5 Å². The molecule has 0 saturated carbocycles. The Morgan fingerprint density at radius 3 is 2.12 bits per heavy atom. The Kier molecular flexibility index (Phi) is 8.63. The van der Waals surface area contributed by atoms with Crippen molar-refractivity contribution < 1.29 is 36.7 Å². The van der Waals surface area contributed by atoms with Crippen LogP contribution in [-0.4, -0.2) is 72.2 Å². The van der Waals surface area contributed by atoms with Crippen molar-refractivity contribution in [2.75, 3.05) is 27.9 Å². The summed E-state index contributed by atoms with van der Waals surface area (Å²) in [5.41, 5.74) is 0.880. The minimum Gasteiger partial charge on any atom is -0.388 e. The summed E-state index contributed by atoms with van der Waals surface area (Å²) in [5, 5.41) is 10.2. The van der Waals surface area contributed by atoms with Crippen molar-refractivity contribution >= 4 is 16.4 Å². The van der Waals surface area contributed by atoms with E-state index in [1.165, 1.54) is 33.5 Å². The molecule has 142 valence electrons. The lowest BCUT2D eigenvalue weighted by Gasteiger charge is -2.31. The number of rotatable bonds is 11. The summed E-state index contributed by atoms with van der Waals surface area (Å²) < 4.78 is 45.2. The first-order valence-corrected chi connectivity index (χ1v) is 8.89. The predicted octanol–water partition coefficient (Wildman–Crippen LogP) is 0.305. The molecule has 1 N–H and O–H groups in total. The fraction of sp³-hybridized carbons (Fsp3) is 0.562. The average molecular weight is 376 g/mol. The fourth-order valence-electron chi connectivity index (χ4n) is 2.23. The molecule has 0 heterocycles. The maximum atomic E-state index is 12.5. The lowest BCUT2D eigenvalue weighted by molar-refractivity contribution is -0.143. The molecular weight excluding hydrogens is 352 g/mol. The molecule has 0 aliphatic heterocycles. The monoisotopic (exact) mass is 376 g/mol. The summed E-state index contributed by atoms with van der Waals surface area (Å²) >= 11 is 0. The first-order chi connectivity index (χ1) is 11.8. The molecule has 0 radical (unpaired) electrons. The van der Waals surface area contributed by atoms with Gasteiger partial charge in [0.25, 0.3) is 10.1 Å². The molecular formula is C16H24O8S. The van der Waals surface area contributed by atoms with Crippen molar-refractivity contribution in [2.24, 2.45) is 0 Å². The molecule has 8 nitrogen and oxygen atoms in total. The van der Waals surface area contributed by atoms with Crippen LogP contribution < -0.4 is 0 Å². The van der Waals surface area contributed by atoms with E-state index in [0.29, 0.717) is 6.29 Å². The Morgan fingerprint density at radius 1 is 1.08 bits per heavy atom. The Hall–Kier alpha value is -1.36. The van der Waals surface area contributed by atoms with Crippen LogP contribution in [-0.2, 0) is 33.3 Å². The third-order valence-corrected chi connectivity index (χ3v) is 4.92. The zero-order chi connectivity index (χ0) is 19.0. The van der Waals surface area contributed by atoms with Crippen LogP contribution in [0.3, 0.4) is 0 Å². The number of hydrogen-bond acceptors (Lipinski definition) is 8. The Labute approximate surface area is 147 Å². The first kappa shape index (κ1) is 21.7. The third-order valence-electron chi connectivity index (χ3n) is 3.59. The summed E-state index contributed by atoms with van der Waals surface area (Å²) in [5.74, 6) is 0. The molecule has 0 aromatic heterocycles. The molecule has 9 heteroatoms. The normalized spacial score (nSPS) is 16.8. The van der Waals surface area contributed by atoms with E-state index >= 15 is 0 Å². The quantitative estimate of drug-likeness (QED) is 0.434. The highest BCUT2D eigenvalue weighted by atomic mass is 32.2. The third kappa shape index (κ3) is 5.84. The summed E-state index contributed by atoms with van der Waals surface area (Å²) in [6, 6.07) is 6.02. The maximum Gasteiger partial charge on any atom is 0.297 e. The van der Waals surface area contributed by atoms with E-state index in [4.69, 9.17) is 18.4 Å². The van der Waals surface area contributed by atoms with Gasteiger partial charge < -0.3 is 24.1 Å². The highest BCUT2D eigenvalue weighted by Gasteiger charge is 2.39. The van der Waals surface area contributed by atoms with Gasteiger partial charge >= 0.3 is 0 Å². The molecule has 0 fully saturated rings. The van der Waals surface area contributed by atoms with Crippen LogP contribution in [0, 0.1) is 6.92 Å². The number of hydrogen-bond donors (Lipinski definition) is 1. The van der Waals surface area contributed by atoms with Crippen LogP contribution in [0.15, 0.2) is 29.2 Å². The van der Waals surface area contributed by atoms with Crippen molar-refractivity contribution in [1.82, 2.24) is 0 Å². The van der Waals surface area contributed by atoms with Gasteiger partial charge in [0.2, 0.25) is 0 Å². The lowest BCUT2D eigenvalue weighted by atomic mass is 10.0. The average Bonchev–Trinajstić information content (AvgIpc) is 2.58. The zero-order valence-electron chi connectivity index (χ0n) is 14.6. The summed E-state index contributed by atoms with van der Waals surface area (Å²) in [7, 11) is -0.353. The number of aliphatic hydroxyl groups excluding tert-OH is 1. The van der Waals surface area contributed by atoms with Crippen LogP contribution in [0.2, 0.25) is 0 Å². The van der Waals surface area contributed by atoms with Gasteiger partial charge in [0, 0.05) is 21.3 Å². The predicted molar refractivity (Wildman–Crippen MR) is 88.8 cm³/mol. The molecule has 0 amide bonds. The summed E-state index contributed by atoms with van der Waals surface area (Å²) in [6.07, 6.45) is -4.62. The molecule has 0 aliphatic rings. The second kappa shape index (κ2) is 9.95. The van der Waals surface area contributed by atoms with E-state index in [1.54, 1.807) is 12.1 Å².